The summed E-state index contributed by atoms with van der Waals surface area (Å²) in [6, 6.07) is 10.1. The molecular weight excluding hydrogens is 388 g/mol. The summed E-state index contributed by atoms with van der Waals surface area (Å²) < 4.78 is 19.0. The van der Waals surface area contributed by atoms with Crippen LogP contribution in [-0.2, 0) is 30.4 Å². The van der Waals surface area contributed by atoms with E-state index in [1.165, 1.54) is 6.42 Å². The van der Waals surface area contributed by atoms with Crippen LogP contribution in [0.4, 0.5) is 0 Å². The molecular formula is C23H30O5S. The van der Waals surface area contributed by atoms with Crippen molar-refractivity contribution >= 4 is 17.3 Å². The minimum Gasteiger partial charge on any atom is -0.458 e. The second-order valence-electron chi connectivity index (χ2n) is 9.43. The van der Waals surface area contributed by atoms with Crippen molar-refractivity contribution in [1.29, 1.82) is 0 Å². The van der Waals surface area contributed by atoms with E-state index in [-0.39, 0.29) is 11.8 Å². The molecule has 1 aromatic carbocycles. The van der Waals surface area contributed by atoms with Crippen LogP contribution in [0.25, 0.3) is 0 Å². The van der Waals surface area contributed by atoms with Crippen LogP contribution in [0.5, 0.6) is 0 Å². The number of hydrogen-bond acceptors (Lipinski definition) is 6. The number of fused-ring (bicyclic) bond motifs is 2. The van der Waals surface area contributed by atoms with Crippen LogP contribution in [0.3, 0.4) is 0 Å². The molecule has 1 aromatic rings. The van der Waals surface area contributed by atoms with Crippen molar-refractivity contribution in [3.8, 4) is 0 Å². The molecule has 8 atom stereocenters. The monoisotopic (exact) mass is 418 g/mol. The molecule has 4 saturated heterocycles. The summed E-state index contributed by atoms with van der Waals surface area (Å²) >= 11 is 5.56. The molecule has 1 saturated carbocycles. The Bertz CT molecular complexity index is 772. The van der Waals surface area contributed by atoms with Gasteiger partial charge >= 0.3 is 0 Å². The van der Waals surface area contributed by atoms with E-state index < -0.39 is 24.0 Å². The van der Waals surface area contributed by atoms with E-state index in [0.29, 0.717) is 23.3 Å². The van der Waals surface area contributed by atoms with Crippen LogP contribution in [-0.4, -0.2) is 29.0 Å². The largest absolute Gasteiger partial charge is 0.458 e. The summed E-state index contributed by atoms with van der Waals surface area (Å²) in [5.74, 6) is 0.510. The van der Waals surface area contributed by atoms with Gasteiger partial charge in [-0.15, -0.1) is 0 Å². The Morgan fingerprint density at radius 3 is 2.69 bits per heavy atom. The topological polar surface area (TPSA) is 46.2 Å². The van der Waals surface area contributed by atoms with Crippen LogP contribution in [0.1, 0.15) is 52.0 Å². The quantitative estimate of drug-likeness (QED) is 0.520. The van der Waals surface area contributed by atoms with Crippen molar-refractivity contribution < 1.29 is 24.0 Å². The first-order chi connectivity index (χ1) is 13.9. The first kappa shape index (κ1) is 19.9. The molecule has 5 nitrogen and oxygen atoms in total. The number of thiocarbonyl (C=S) groups is 1. The normalized spacial score (nSPS) is 45.9. The lowest BCUT2D eigenvalue weighted by atomic mass is 9.58. The highest BCUT2D eigenvalue weighted by atomic mass is 32.1. The van der Waals surface area contributed by atoms with Gasteiger partial charge in [0.05, 0.1) is 0 Å². The second-order valence-corrected chi connectivity index (χ2v) is 9.88. The Hall–Kier alpha value is -1.05. The molecule has 1 aliphatic carbocycles. The average molecular weight is 419 g/mol. The molecule has 4 aliphatic heterocycles. The number of benzene rings is 1. The molecule has 29 heavy (non-hydrogen) atoms. The number of hydrogen-bond donors (Lipinski definition) is 0. The van der Waals surface area contributed by atoms with Gasteiger partial charge in [0.2, 0.25) is 12.1 Å². The molecule has 5 aliphatic rings. The summed E-state index contributed by atoms with van der Waals surface area (Å²) in [6.45, 7) is 6.44. The van der Waals surface area contributed by atoms with Crippen LogP contribution in [0, 0.1) is 23.7 Å². The van der Waals surface area contributed by atoms with E-state index in [1.54, 1.807) is 0 Å². The van der Waals surface area contributed by atoms with Crippen molar-refractivity contribution in [2.75, 3.05) is 0 Å². The maximum Gasteiger partial charge on any atom is 0.206 e. The molecule has 0 N–H and O–H groups in total. The molecule has 158 valence electrons. The molecule has 5 fully saturated rings. The fraction of sp³-hybridized carbons (Fsp3) is 0.696. The van der Waals surface area contributed by atoms with Gasteiger partial charge in [0, 0.05) is 24.7 Å². The maximum absolute atomic E-state index is 6.43. The summed E-state index contributed by atoms with van der Waals surface area (Å²) in [5, 5.41) is 0.548. The van der Waals surface area contributed by atoms with Crippen molar-refractivity contribution in [2.24, 2.45) is 23.7 Å². The third-order valence-corrected chi connectivity index (χ3v) is 7.78. The van der Waals surface area contributed by atoms with Crippen molar-refractivity contribution in [3.63, 3.8) is 0 Å². The first-order valence-corrected chi connectivity index (χ1v) is 11.3. The molecule has 1 spiro atoms. The fourth-order valence-corrected chi connectivity index (χ4v) is 6.20. The summed E-state index contributed by atoms with van der Waals surface area (Å²) in [7, 11) is 0. The molecule has 0 radical (unpaired) electrons. The SMILES string of the molecule is C[C@@H]1CCC2[C@@H](C)[C@@H](OC(=S)Cc3ccccc3)O[C@@H]3O[C@@]4(C)CCC1[C@@]23OO4. The minimum absolute atomic E-state index is 0.129. The van der Waals surface area contributed by atoms with Gasteiger partial charge in [-0.3, -0.25) is 0 Å². The lowest BCUT2D eigenvalue weighted by Crippen LogP contribution is -2.70. The Morgan fingerprint density at radius 2 is 1.90 bits per heavy atom. The molecule has 4 heterocycles. The zero-order valence-corrected chi connectivity index (χ0v) is 18.2. The highest BCUT2D eigenvalue weighted by Crippen LogP contribution is 2.60. The van der Waals surface area contributed by atoms with Crippen LogP contribution < -0.4 is 0 Å². The molecule has 0 amide bonds. The second kappa shape index (κ2) is 7.27. The summed E-state index contributed by atoms with van der Waals surface area (Å²) in [4.78, 5) is 12.0. The molecule has 2 bridgehead atoms. The van der Waals surface area contributed by atoms with E-state index in [0.717, 1.165) is 24.8 Å². The highest BCUT2D eigenvalue weighted by Gasteiger charge is 2.69. The van der Waals surface area contributed by atoms with Gasteiger partial charge in [-0.25, -0.2) is 9.78 Å². The van der Waals surface area contributed by atoms with Crippen molar-refractivity contribution in [3.05, 3.63) is 35.9 Å². The standard InChI is InChI=1S/C23H30O5S/c1-14-9-10-18-15(2)20(24-19(29)13-16-7-5-4-6-8-16)25-21-23(18)17(14)11-12-22(3,26-21)27-28-23/h4-8,14-15,17-18,20-21H,9-13H2,1-3H3/t14-,15-,17?,18?,20+,21-,22-,23-/m1/s1. The van der Waals surface area contributed by atoms with Gasteiger partial charge in [0.25, 0.3) is 0 Å². The zero-order chi connectivity index (χ0) is 20.2. The Labute approximate surface area is 177 Å². The van der Waals surface area contributed by atoms with Gasteiger partial charge in [-0.05, 0) is 55.8 Å². The predicted molar refractivity (Wildman–Crippen MR) is 111 cm³/mol. The molecule has 2 unspecified atom stereocenters. The average Bonchev–Trinajstić information content (AvgIpc) is 2.93. The van der Waals surface area contributed by atoms with Gasteiger partial charge in [0.15, 0.2) is 16.9 Å². The van der Waals surface area contributed by atoms with E-state index in [1.807, 2.05) is 25.1 Å². The lowest BCUT2D eigenvalue weighted by molar-refractivity contribution is -0.576. The van der Waals surface area contributed by atoms with Crippen LogP contribution >= 0.6 is 12.2 Å². The predicted octanol–water partition coefficient (Wildman–Crippen LogP) is 4.78. The number of rotatable bonds is 3. The molecule has 6 heteroatoms. The van der Waals surface area contributed by atoms with E-state index in [4.69, 9.17) is 36.2 Å². The third kappa shape index (κ3) is 3.24. The summed E-state index contributed by atoms with van der Waals surface area (Å²) in [5.41, 5.74) is 0.576. The smallest absolute Gasteiger partial charge is 0.206 e. The van der Waals surface area contributed by atoms with Gasteiger partial charge in [-0.1, -0.05) is 44.2 Å². The zero-order valence-electron chi connectivity index (χ0n) is 17.3. The van der Waals surface area contributed by atoms with Crippen molar-refractivity contribution in [2.45, 2.75) is 76.8 Å². The third-order valence-electron chi connectivity index (χ3n) is 7.54. The van der Waals surface area contributed by atoms with Gasteiger partial charge < -0.3 is 14.2 Å². The van der Waals surface area contributed by atoms with Crippen LogP contribution in [0.2, 0.25) is 0 Å². The minimum atomic E-state index is -0.771. The highest BCUT2D eigenvalue weighted by molar-refractivity contribution is 7.80. The van der Waals surface area contributed by atoms with E-state index in [9.17, 15) is 0 Å². The molecule has 0 aromatic heterocycles. The van der Waals surface area contributed by atoms with E-state index >= 15 is 0 Å². The Morgan fingerprint density at radius 1 is 1.10 bits per heavy atom. The van der Waals surface area contributed by atoms with Gasteiger partial charge in [0.1, 0.15) is 0 Å². The van der Waals surface area contributed by atoms with Crippen LogP contribution in [0.15, 0.2) is 30.3 Å². The maximum atomic E-state index is 6.43. The Kier molecular flexibility index (Phi) is 4.99. The van der Waals surface area contributed by atoms with Gasteiger partial charge in [-0.2, -0.15) is 0 Å². The fourth-order valence-electron chi connectivity index (χ4n) is 5.94. The Balaban J connectivity index is 1.39. The summed E-state index contributed by atoms with van der Waals surface area (Å²) in [6.07, 6.45) is 3.72. The lowest BCUT2D eigenvalue weighted by Gasteiger charge is -2.60. The first-order valence-electron chi connectivity index (χ1n) is 10.8. The molecule has 6 rings (SSSR count). The number of ether oxygens (including phenoxy) is 3. The van der Waals surface area contributed by atoms with Crippen molar-refractivity contribution in [1.82, 2.24) is 0 Å². The van der Waals surface area contributed by atoms with E-state index in [2.05, 4.69) is 26.0 Å².